The fourth-order valence-corrected chi connectivity index (χ4v) is 1.86. The summed E-state index contributed by atoms with van der Waals surface area (Å²) in [4.78, 5) is 20.3. The Bertz CT molecular complexity index is 556. The first-order valence-corrected chi connectivity index (χ1v) is 7.22. The minimum absolute atomic E-state index is 0.00735. The number of hydrogen-bond acceptors (Lipinski definition) is 6. The monoisotopic (exact) mass is 273 g/mol. The number of aromatic nitrogens is 2. The first-order valence-electron chi connectivity index (χ1n) is 5.16. The van der Waals surface area contributed by atoms with Crippen molar-refractivity contribution in [2.24, 2.45) is 0 Å². The Kier molecular flexibility index (Phi) is 4.23. The second-order valence-electron chi connectivity index (χ2n) is 4.03. The molecule has 0 aliphatic rings. The van der Waals surface area contributed by atoms with Crippen molar-refractivity contribution in [3.8, 4) is 0 Å². The number of hydrogen-bond donors (Lipinski definition) is 1. The van der Waals surface area contributed by atoms with E-state index in [9.17, 15) is 13.2 Å². The van der Waals surface area contributed by atoms with Gasteiger partial charge in [0.25, 0.3) is 0 Å². The second-order valence-corrected chi connectivity index (χ2v) is 6.29. The molecular formula is C10H15N3O4S. The van der Waals surface area contributed by atoms with Crippen molar-refractivity contribution in [2.45, 2.75) is 6.92 Å². The molecule has 0 spiro atoms. The zero-order valence-corrected chi connectivity index (χ0v) is 11.2. The Morgan fingerprint density at radius 2 is 2.11 bits per heavy atom. The van der Waals surface area contributed by atoms with E-state index >= 15 is 0 Å². The highest BCUT2D eigenvalue weighted by molar-refractivity contribution is 7.90. The van der Waals surface area contributed by atoms with Crippen molar-refractivity contribution in [2.75, 3.05) is 30.5 Å². The third-order valence-corrected chi connectivity index (χ3v) is 3.26. The Hall–Kier alpha value is -1.70. The second kappa shape index (κ2) is 5.30. The molecule has 100 valence electrons. The number of carbonyl (C=O) groups is 1. The van der Waals surface area contributed by atoms with Crippen LogP contribution in [0, 0.1) is 6.92 Å². The average molecular weight is 273 g/mol. The molecule has 8 heteroatoms. The molecule has 0 saturated carbocycles. The van der Waals surface area contributed by atoms with Gasteiger partial charge in [0.1, 0.15) is 9.84 Å². The van der Waals surface area contributed by atoms with Crippen LogP contribution in [0.15, 0.2) is 6.20 Å². The Morgan fingerprint density at radius 1 is 1.50 bits per heavy atom. The lowest BCUT2D eigenvalue weighted by atomic mass is 10.2. The molecule has 1 N–H and O–H groups in total. The molecule has 0 aliphatic carbocycles. The molecule has 7 nitrogen and oxygen atoms in total. The van der Waals surface area contributed by atoms with Crippen LogP contribution in [-0.2, 0) is 9.84 Å². The van der Waals surface area contributed by atoms with E-state index in [4.69, 9.17) is 5.11 Å². The fourth-order valence-electron chi connectivity index (χ4n) is 1.25. The Balaban J connectivity index is 2.85. The van der Waals surface area contributed by atoms with Crippen molar-refractivity contribution in [1.82, 2.24) is 9.97 Å². The standard InChI is InChI=1S/C10H15N3O4S/c1-7-8(9(14)15)6-11-10(12-7)13(2)4-5-18(3,16)17/h6H,4-5H2,1-3H3,(H,14,15). The number of aromatic carboxylic acids is 1. The minimum atomic E-state index is -3.05. The highest BCUT2D eigenvalue weighted by atomic mass is 32.2. The zero-order chi connectivity index (χ0) is 13.9. The molecule has 1 rings (SSSR count). The van der Waals surface area contributed by atoms with Crippen LogP contribution in [0.25, 0.3) is 0 Å². The van der Waals surface area contributed by atoms with Crippen molar-refractivity contribution >= 4 is 21.8 Å². The van der Waals surface area contributed by atoms with Crippen LogP contribution in [0.5, 0.6) is 0 Å². The van der Waals surface area contributed by atoms with E-state index in [1.165, 1.54) is 6.20 Å². The number of aryl methyl sites for hydroxylation is 1. The first kappa shape index (κ1) is 14.4. The molecule has 0 atom stereocenters. The van der Waals surface area contributed by atoms with E-state index in [0.717, 1.165) is 6.26 Å². The lowest BCUT2D eigenvalue weighted by molar-refractivity contribution is 0.0695. The van der Waals surface area contributed by atoms with Crippen molar-refractivity contribution in [3.05, 3.63) is 17.5 Å². The van der Waals surface area contributed by atoms with Gasteiger partial charge in [0.05, 0.1) is 17.0 Å². The smallest absolute Gasteiger partial charge is 0.339 e. The van der Waals surface area contributed by atoms with Gasteiger partial charge in [0, 0.05) is 26.0 Å². The van der Waals surface area contributed by atoms with Crippen LogP contribution in [0.4, 0.5) is 5.95 Å². The Labute approximate surface area is 105 Å². The maximum absolute atomic E-state index is 11.0. The molecule has 0 amide bonds. The van der Waals surface area contributed by atoms with Gasteiger partial charge in [-0.2, -0.15) is 0 Å². The van der Waals surface area contributed by atoms with Gasteiger partial charge in [0.15, 0.2) is 0 Å². The molecule has 0 unspecified atom stereocenters. The summed E-state index contributed by atoms with van der Waals surface area (Å²) < 4.78 is 22.1. The third kappa shape index (κ3) is 3.95. The quantitative estimate of drug-likeness (QED) is 0.803. The van der Waals surface area contributed by atoms with Gasteiger partial charge in [-0.1, -0.05) is 0 Å². The summed E-state index contributed by atoms with van der Waals surface area (Å²) in [6, 6.07) is 0. The molecule has 0 aromatic carbocycles. The summed E-state index contributed by atoms with van der Waals surface area (Å²) in [6.45, 7) is 1.82. The van der Waals surface area contributed by atoms with Gasteiger partial charge < -0.3 is 10.0 Å². The highest BCUT2D eigenvalue weighted by Gasteiger charge is 2.13. The number of carboxylic acid groups (broad SMARTS) is 1. The van der Waals surface area contributed by atoms with Crippen LogP contribution < -0.4 is 4.90 Å². The fraction of sp³-hybridized carbons (Fsp3) is 0.500. The van der Waals surface area contributed by atoms with Crippen LogP contribution in [0.1, 0.15) is 16.1 Å². The molecule has 1 heterocycles. The van der Waals surface area contributed by atoms with E-state index < -0.39 is 15.8 Å². The van der Waals surface area contributed by atoms with Gasteiger partial charge in [-0.25, -0.2) is 23.2 Å². The maximum Gasteiger partial charge on any atom is 0.339 e. The van der Waals surface area contributed by atoms with E-state index in [1.807, 2.05) is 0 Å². The summed E-state index contributed by atoms with van der Waals surface area (Å²) >= 11 is 0. The van der Waals surface area contributed by atoms with Crippen LogP contribution in [0.2, 0.25) is 0 Å². The molecule has 0 fully saturated rings. The third-order valence-electron chi connectivity index (χ3n) is 2.34. The summed E-state index contributed by atoms with van der Waals surface area (Å²) in [6.07, 6.45) is 2.37. The predicted molar refractivity (Wildman–Crippen MR) is 66.7 cm³/mol. The molecule has 1 aromatic heterocycles. The molecular weight excluding hydrogens is 258 g/mol. The lowest BCUT2D eigenvalue weighted by Gasteiger charge is -2.16. The van der Waals surface area contributed by atoms with E-state index in [2.05, 4.69) is 9.97 Å². The highest BCUT2D eigenvalue weighted by Crippen LogP contribution is 2.10. The van der Waals surface area contributed by atoms with Crippen LogP contribution in [0.3, 0.4) is 0 Å². The van der Waals surface area contributed by atoms with Crippen molar-refractivity contribution in [1.29, 1.82) is 0 Å². The largest absolute Gasteiger partial charge is 0.478 e. The summed E-state index contributed by atoms with van der Waals surface area (Å²) in [5.41, 5.74) is 0.383. The van der Waals surface area contributed by atoms with Crippen molar-refractivity contribution in [3.63, 3.8) is 0 Å². The molecule has 0 bridgehead atoms. The van der Waals surface area contributed by atoms with Gasteiger partial charge in [-0.3, -0.25) is 0 Å². The summed E-state index contributed by atoms with van der Waals surface area (Å²) in [5.74, 6) is -0.786. The number of sulfone groups is 1. The van der Waals surface area contributed by atoms with Gasteiger partial charge >= 0.3 is 5.97 Å². The van der Waals surface area contributed by atoms with Crippen LogP contribution in [-0.4, -0.2) is 55.1 Å². The van der Waals surface area contributed by atoms with E-state index in [1.54, 1.807) is 18.9 Å². The number of anilines is 1. The normalized spacial score (nSPS) is 11.3. The zero-order valence-electron chi connectivity index (χ0n) is 10.4. The van der Waals surface area contributed by atoms with Gasteiger partial charge in [0.2, 0.25) is 5.95 Å². The maximum atomic E-state index is 11.0. The molecule has 1 aromatic rings. The van der Waals surface area contributed by atoms with E-state index in [0.29, 0.717) is 11.6 Å². The number of carboxylic acids is 1. The molecule has 0 radical (unpaired) electrons. The number of rotatable bonds is 5. The molecule has 0 aliphatic heterocycles. The SMILES string of the molecule is Cc1nc(N(C)CCS(C)(=O)=O)ncc1C(=O)O. The predicted octanol–water partition coefficient (Wildman–Crippen LogP) is -0.0360. The summed E-state index contributed by atoms with van der Waals surface area (Å²) in [7, 11) is -1.40. The van der Waals surface area contributed by atoms with Gasteiger partial charge in [-0.15, -0.1) is 0 Å². The molecule has 18 heavy (non-hydrogen) atoms. The van der Waals surface area contributed by atoms with E-state index in [-0.39, 0.29) is 17.9 Å². The number of nitrogens with zero attached hydrogens (tertiary/aromatic N) is 3. The minimum Gasteiger partial charge on any atom is -0.478 e. The first-order chi connectivity index (χ1) is 8.20. The summed E-state index contributed by atoms with van der Waals surface area (Å²) in [5, 5.41) is 8.83. The van der Waals surface area contributed by atoms with Crippen molar-refractivity contribution < 1.29 is 18.3 Å². The van der Waals surface area contributed by atoms with Crippen LogP contribution >= 0.6 is 0 Å². The van der Waals surface area contributed by atoms with Gasteiger partial charge in [-0.05, 0) is 6.92 Å². The topological polar surface area (TPSA) is 100 Å². The lowest BCUT2D eigenvalue weighted by Crippen LogP contribution is -2.27. The Morgan fingerprint density at radius 3 is 2.56 bits per heavy atom. The molecule has 0 saturated heterocycles. The average Bonchev–Trinajstić information content (AvgIpc) is 2.24.